The summed E-state index contributed by atoms with van der Waals surface area (Å²) < 4.78 is 1.57. The third-order valence-electron chi connectivity index (χ3n) is 3.53. The van der Waals surface area contributed by atoms with Crippen molar-refractivity contribution in [1.82, 2.24) is 9.78 Å². The summed E-state index contributed by atoms with van der Waals surface area (Å²) in [7, 11) is 0. The van der Waals surface area contributed by atoms with Crippen LogP contribution in [-0.2, 0) is 17.8 Å². The van der Waals surface area contributed by atoms with Crippen molar-refractivity contribution < 1.29 is 9.90 Å². The van der Waals surface area contributed by atoms with Gasteiger partial charge in [-0.15, -0.1) is 0 Å². The van der Waals surface area contributed by atoms with E-state index < -0.39 is 0 Å². The molecule has 0 aliphatic rings. The molecular formula is C17H17N3O2. The standard InChI is InChI=1S/C17H17N3O2/c21-11-10-20-16(8-9-18-20)19-17(22)12-14-6-3-5-13-4-1-2-7-15(13)14/h1-9,21H,10-12H2,(H,19,22). The summed E-state index contributed by atoms with van der Waals surface area (Å²) in [6.07, 6.45) is 1.90. The van der Waals surface area contributed by atoms with E-state index in [9.17, 15) is 4.79 Å². The lowest BCUT2D eigenvalue weighted by Gasteiger charge is -2.09. The van der Waals surface area contributed by atoms with E-state index in [1.807, 2.05) is 42.5 Å². The number of benzene rings is 2. The monoisotopic (exact) mass is 295 g/mol. The van der Waals surface area contributed by atoms with Crippen LogP contribution in [0.2, 0.25) is 0 Å². The second-order valence-electron chi connectivity index (χ2n) is 5.03. The molecule has 22 heavy (non-hydrogen) atoms. The molecular weight excluding hydrogens is 278 g/mol. The lowest BCUT2D eigenvalue weighted by atomic mass is 10.0. The van der Waals surface area contributed by atoms with Crippen LogP contribution >= 0.6 is 0 Å². The summed E-state index contributed by atoms with van der Waals surface area (Å²) in [5, 5.41) is 18.1. The van der Waals surface area contributed by atoms with Crippen LogP contribution in [0.5, 0.6) is 0 Å². The minimum atomic E-state index is -0.101. The van der Waals surface area contributed by atoms with Gasteiger partial charge in [-0.3, -0.25) is 4.79 Å². The van der Waals surface area contributed by atoms with Gasteiger partial charge in [0, 0.05) is 6.07 Å². The second kappa shape index (κ2) is 6.41. The number of hydrogen-bond acceptors (Lipinski definition) is 3. The SMILES string of the molecule is O=C(Cc1cccc2ccccc12)Nc1ccnn1CCO. The third-order valence-corrected chi connectivity index (χ3v) is 3.53. The highest BCUT2D eigenvalue weighted by molar-refractivity contribution is 5.95. The van der Waals surface area contributed by atoms with Crippen molar-refractivity contribution >= 4 is 22.5 Å². The fourth-order valence-electron chi connectivity index (χ4n) is 2.52. The van der Waals surface area contributed by atoms with Crippen molar-refractivity contribution in [3.63, 3.8) is 0 Å². The fraction of sp³-hybridized carbons (Fsp3) is 0.176. The lowest BCUT2D eigenvalue weighted by Crippen LogP contribution is -2.18. The molecule has 1 aromatic heterocycles. The van der Waals surface area contributed by atoms with Gasteiger partial charge >= 0.3 is 0 Å². The average molecular weight is 295 g/mol. The number of carbonyl (C=O) groups is 1. The summed E-state index contributed by atoms with van der Waals surface area (Å²) >= 11 is 0. The number of rotatable bonds is 5. The molecule has 2 N–H and O–H groups in total. The smallest absolute Gasteiger partial charge is 0.229 e. The van der Waals surface area contributed by atoms with Gasteiger partial charge in [-0.25, -0.2) is 4.68 Å². The molecule has 0 spiro atoms. The van der Waals surface area contributed by atoms with E-state index >= 15 is 0 Å². The molecule has 3 aromatic rings. The molecule has 2 aromatic carbocycles. The summed E-state index contributed by atoms with van der Waals surface area (Å²) in [5.74, 6) is 0.496. The maximum atomic E-state index is 12.3. The van der Waals surface area contributed by atoms with E-state index in [1.54, 1.807) is 16.9 Å². The molecule has 1 heterocycles. The largest absolute Gasteiger partial charge is 0.394 e. The van der Waals surface area contributed by atoms with Crippen molar-refractivity contribution in [2.75, 3.05) is 11.9 Å². The van der Waals surface area contributed by atoms with Crippen molar-refractivity contribution in [3.05, 3.63) is 60.3 Å². The highest BCUT2D eigenvalue weighted by Crippen LogP contribution is 2.19. The Bertz CT molecular complexity index is 790. The molecule has 5 nitrogen and oxygen atoms in total. The number of aliphatic hydroxyl groups excluding tert-OH is 1. The summed E-state index contributed by atoms with van der Waals surface area (Å²) in [5.41, 5.74) is 0.990. The third kappa shape index (κ3) is 2.99. The van der Waals surface area contributed by atoms with Crippen LogP contribution in [-0.4, -0.2) is 27.4 Å². The van der Waals surface area contributed by atoms with Crippen LogP contribution in [0, 0.1) is 0 Å². The number of aromatic nitrogens is 2. The molecule has 0 aliphatic carbocycles. The number of carbonyl (C=O) groups excluding carboxylic acids is 1. The van der Waals surface area contributed by atoms with Crippen molar-refractivity contribution in [1.29, 1.82) is 0 Å². The quantitative estimate of drug-likeness (QED) is 0.758. The van der Waals surface area contributed by atoms with Crippen molar-refractivity contribution in [3.8, 4) is 0 Å². The molecule has 0 unspecified atom stereocenters. The highest BCUT2D eigenvalue weighted by atomic mass is 16.3. The van der Waals surface area contributed by atoms with Gasteiger partial charge in [0.05, 0.1) is 25.8 Å². The molecule has 3 rings (SSSR count). The van der Waals surface area contributed by atoms with Crippen LogP contribution in [0.25, 0.3) is 10.8 Å². The van der Waals surface area contributed by atoms with E-state index in [0.29, 0.717) is 18.8 Å². The van der Waals surface area contributed by atoms with Gasteiger partial charge in [-0.1, -0.05) is 42.5 Å². The van der Waals surface area contributed by atoms with Crippen LogP contribution < -0.4 is 5.32 Å². The first kappa shape index (κ1) is 14.3. The number of nitrogens with zero attached hydrogens (tertiary/aromatic N) is 2. The number of nitrogens with one attached hydrogen (secondary N) is 1. The van der Waals surface area contributed by atoms with Crippen molar-refractivity contribution in [2.24, 2.45) is 0 Å². The molecule has 0 atom stereocenters. The van der Waals surface area contributed by atoms with Gasteiger partial charge < -0.3 is 10.4 Å². The predicted molar refractivity (Wildman–Crippen MR) is 85.6 cm³/mol. The van der Waals surface area contributed by atoms with E-state index in [1.165, 1.54) is 0 Å². The zero-order valence-corrected chi connectivity index (χ0v) is 12.1. The van der Waals surface area contributed by atoms with Gasteiger partial charge in [-0.05, 0) is 16.3 Å². The molecule has 0 bridgehead atoms. The summed E-state index contributed by atoms with van der Waals surface area (Å²) in [6, 6.07) is 15.7. The number of fused-ring (bicyclic) bond motifs is 1. The lowest BCUT2D eigenvalue weighted by molar-refractivity contribution is -0.115. The topological polar surface area (TPSA) is 67.2 Å². The Kier molecular flexibility index (Phi) is 4.16. The van der Waals surface area contributed by atoms with E-state index in [0.717, 1.165) is 16.3 Å². The molecule has 0 radical (unpaired) electrons. The van der Waals surface area contributed by atoms with Gasteiger partial charge in [0.15, 0.2) is 0 Å². The first-order valence-electron chi connectivity index (χ1n) is 7.17. The van der Waals surface area contributed by atoms with Gasteiger partial charge in [0.2, 0.25) is 5.91 Å². The predicted octanol–water partition coefficient (Wildman–Crippen LogP) is 2.21. The van der Waals surface area contributed by atoms with E-state index in [2.05, 4.69) is 10.4 Å². The minimum Gasteiger partial charge on any atom is -0.394 e. The fourth-order valence-corrected chi connectivity index (χ4v) is 2.52. The Labute approximate surface area is 128 Å². The number of hydrogen-bond donors (Lipinski definition) is 2. The van der Waals surface area contributed by atoms with Gasteiger partial charge in [0.25, 0.3) is 0 Å². The number of aliphatic hydroxyl groups is 1. The maximum Gasteiger partial charge on any atom is 0.229 e. The minimum absolute atomic E-state index is 0.0200. The number of amides is 1. The van der Waals surface area contributed by atoms with Crippen molar-refractivity contribution in [2.45, 2.75) is 13.0 Å². The average Bonchev–Trinajstić information content (AvgIpc) is 2.95. The highest BCUT2D eigenvalue weighted by Gasteiger charge is 2.09. The van der Waals surface area contributed by atoms with Gasteiger partial charge in [0.1, 0.15) is 5.82 Å². The van der Waals surface area contributed by atoms with Crippen LogP contribution in [0.4, 0.5) is 5.82 Å². The summed E-state index contributed by atoms with van der Waals surface area (Å²) in [6.45, 7) is 0.338. The normalized spacial score (nSPS) is 10.8. The Morgan fingerprint density at radius 2 is 1.95 bits per heavy atom. The zero-order chi connectivity index (χ0) is 15.4. The van der Waals surface area contributed by atoms with Crippen LogP contribution in [0.1, 0.15) is 5.56 Å². The molecule has 0 saturated carbocycles. The Hall–Kier alpha value is -2.66. The van der Waals surface area contributed by atoms with Crippen LogP contribution in [0.3, 0.4) is 0 Å². The van der Waals surface area contributed by atoms with Crippen LogP contribution in [0.15, 0.2) is 54.7 Å². The first-order valence-corrected chi connectivity index (χ1v) is 7.17. The van der Waals surface area contributed by atoms with E-state index in [-0.39, 0.29) is 12.5 Å². The molecule has 0 fully saturated rings. The molecule has 0 aliphatic heterocycles. The molecule has 0 saturated heterocycles. The summed E-state index contributed by atoms with van der Waals surface area (Å²) in [4.78, 5) is 12.3. The molecule has 1 amide bonds. The second-order valence-corrected chi connectivity index (χ2v) is 5.03. The Balaban J connectivity index is 1.77. The maximum absolute atomic E-state index is 12.3. The number of anilines is 1. The Morgan fingerprint density at radius 3 is 2.82 bits per heavy atom. The van der Waals surface area contributed by atoms with E-state index in [4.69, 9.17) is 5.11 Å². The molecule has 112 valence electrons. The zero-order valence-electron chi connectivity index (χ0n) is 12.1. The Morgan fingerprint density at radius 1 is 1.14 bits per heavy atom. The molecule has 5 heteroatoms. The van der Waals surface area contributed by atoms with Gasteiger partial charge in [-0.2, -0.15) is 5.10 Å². The first-order chi connectivity index (χ1) is 10.8.